The lowest BCUT2D eigenvalue weighted by atomic mass is 10.1. The Morgan fingerprint density at radius 1 is 1.08 bits per heavy atom. The van der Waals surface area contributed by atoms with Crippen molar-refractivity contribution in [1.29, 1.82) is 0 Å². The molecule has 0 radical (unpaired) electrons. The van der Waals surface area contributed by atoms with Crippen LogP contribution in [0.15, 0.2) is 53.5 Å². The van der Waals surface area contributed by atoms with Crippen LogP contribution in [0.4, 0.5) is 23.1 Å². The predicted octanol–water partition coefficient (Wildman–Crippen LogP) is 4.34. The summed E-state index contributed by atoms with van der Waals surface area (Å²) in [7, 11) is 0. The Bertz CT molecular complexity index is 1520. The first-order chi connectivity index (χ1) is 17.9. The Kier molecular flexibility index (Phi) is 6.14. The maximum absolute atomic E-state index is 12.9. The fraction of sp³-hybridized carbons (Fsp3) is 0.308. The van der Waals surface area contributed by atoms with Crippen LogP contribution in [0.1, 0.15) is 13.3 Å². The third-order valence-corrected chi connectivity index (χ3v) is 8.01. The van der Waals surface area contributed by atoms with Crippen LogP contribution in [0.2, 0.25) is 10.0 Å². The van der Waals surface area contributed by atoms with E-state index in [1.165, 1.54) is 29.4 Å². The quantitative estimate of drug-likeness (QED) is 0.388. The summed E-state index contributed by atoms with van der Waals surface area (Å²) >= 11 is 12.6. The molecule has 0 saturated carbocycles. The third-order valence-electron chi connectivity index (χ3n) is 7.40. The minimum Gasteiger partial charge on any atom is -0.384 e. The molecule has 2 aromatic carbocycles. The summed E-state index contributed by atoms with van der Waals surface area (Å²) in [6, 6.07) is 13.8. The maximum atomic E-state index is 12.9. The number of likely N-dealkylation sites (tertiary alicyclic amines) is 1. The smallest absolute Gasteiger partial charge is 0.355 e. The number of benzene rings is 2. The van der Waals surface area contributed by atoms with Gasteiger partial charge in [0.05, 0.1) is 21.1 Å². The molecule has 0 bridgehead atoms. The van der Waals surface area contributed by atoms with E-state index in [1.54, 1.807) is 18.2 Å². The van der Waals surface area contributed by atoms with Crippen LogP contribution >= 0.6 is 23.2 Å². The molecule has 2 unspecified atom stereocenters. The van der Waals surface area contributed by atoms with E-state index in [2.05, 4.69) is 49.1 Å². The summed E-state index contributed by atoms with van der Waals surface area (Å²) in [5, 5.41) is 4.17. The molecule has 11 heteroatoms. The molecule has 0 spiro atoms. The number of nitrogens with one attached hydrogen (secondary N) is 1. The van der Waals surface area contributed by atoms with Gasteiger partial charge in [0, 0.05) is 36.7 Å². The second-order valence-corrected chi connectivity index (χ2v) is 10.3. The lowest BCUT2D eigenvalue weighted by Crippen LogP contribution is -2.34. The summed E-state index contributed by atoms with van der Waals surface area (Å²) in [6.07, 6.45) is 2.81. The highest BCUT2D eigenvalue weighted by atomic mass is 35.5. The van der Waals surface area contributed by atoms with E-state index in [0.717, 1.165) is 31.2 Å². The molecule has 37 heavy (non-hydrogen) atoms. The lowest BCUT2D eigenvalue weighted by Gasteiger charge is -2.24. The normalized spacial score (nSPS) is 19.5. The van der Waals surface area contributed by atoms with Crippen molar-refractivity contribution in [2.24, 2.45) is 5.92 Å². The first-order valence-corrected chi connectivity index (χ1v) is 13.0. The van der Waals surface area contributed by atoms with Crippen LogP contribution in [-0.2, 0) is 0 Å². The van der Waals surface area contributed by atoms with Gasteiger partial charge < -0.3 is 16.0 Å². The Labute approximate surface area is 223 Å². The molecule has 2 aliphatic rings. The second-order valence-electron chi connectivity index (χ2n) is 9.44. The highest BCUT2D eigenvalue weighted by Gasteiger charge is 2.40. The van der Waals surface area contributed by atoms with Crippen molar-refractivity contribution < 1.29 is 0 Å². The number of rotatable bonds is 5. The van der Waals surface area contributed by atoms with Crippen LogP contribution in [0.25, 0.3) is 16.7 Å². The third kappa shape index (κ3) is 4.27. The van der Waals surface area contributed by atoms with E-state index >= 15 is 0 Å². The molecule has 2 aromatic heterocycles. The highest BCUT2D eigenvalue weighted by molar-refractivity contribution is 6.37. The number of nitrogen functional groups attached to an aromatic ring is 1. The molecule has 6 rings (SSSR count). The molecule has 2 atom stereocenters. The van der Waals surface area contributed by atoms with E-state index in [1.807, 2.05) is 12.1 Å². The fourth-order valence-corrected chi connectivity index (χ4v) is 6.09. The second kappa shape index (κ2) is 9.48. The van der Waals surface area contributed by atoms with Crippen molar-refractivity contribution in [2.75, 3.05) is 42.1 Å². The Morgan fingerprint density at radius 3 is 2.57 bits per heavy atom. The zero-order valence-electron chi connectivity index (χ0n) is 20.2. The number of nitrogens with two attached hydrogens (primary N) is 1. The van der Waals surface area contributed by atoms with Crippen molar-refractivity contribution in [3.63, 3.8) is 0 Å². The average molecular weight is 537 g/mol. The molecule has 4 aromatic rings. The van der Waals surface area contributed by atoms with Gasteiger partial charge >= 0.3 is 5.69 Å². The molecule has 9 nitrogen and oxygen atoms in total. The standard InChI is InChI=1S/C26H26Cl2N8O/c1-2-34-11-10-15-13-35(14-21(15)34)17-8-6-16(7-9-17)31-25-30-12-18-23(29)36(26(37)33-24(18)32-25)22-19(27)4-3-5-20(22)28/h3-9,12,15,21H,2,10-11,13-14,29H2,1H3,(H,31,32,33,37). The summed E-state index contributed by atoms with van der Waals surface area (Å²) in [6.45, 7) is 6.76. The van der Waals surface area contributed by atoms with Crippen LogP contribution in [0.5, 0.6) is 0 Å². The number of anilines is 4. The highest BCUT2D eigenvalue weighted by Crippen LogP contribution is 2.34. The monoisotopic (exact) mass is 536 g/mol. The summed E-state index contributed by atoms with van der Waals surface area (Å²) in [5.41, 5.74) is 8.18. The predicted molar refractivity (Wildman–Crippen MR) is 148 cm³/mol. The van der Waals surface area contributed by atoms with Gasteiger partial charge in [0.25, 0.3) is 0 Å². The molecule has 3 N–H and O–H groups in total. The zero-order valence-corrected chi connectivity index (χ0v) is 21.7. The summed E-state index contributed by atoms with van der Waals surface area (Å²) in [4.78, 5) is 30.9. The molecule has 0 amide bonds. The van der Waals surface area contributed by atoms with Crippen molar-refractivity contribution in [2.45, 2.75) is 19.4 Å². The molecule has 4 heterocycles. The number of fused-ring (bicyclic) bond motifs is 2. The van der Waals surface area contributed by atoms with Crippen LogP contribution in [0.3, 0.4) is 0 Å². The van der Waals surface area contributed by atoms with Crippen LogP contribution in [0, 0.1) is 5.92 Å². The van der Waals surface area contributed by atoms with Gasteiger partial charge in [-0.1, -0.05) is 36.2 Å². The number of aromatic nitrogens is 4. The fourth-order valence-electron chi connectivity index (χ4n) is 5.52. The largest absolute Gasteiger partial charge is 0.384 e. The summed E-state index contributed by atoms with van der Waals surface area (Å²) < 4.78 is 1.18. The van der Waals surface area contributed by atoms with E-state index in [4.69, 9.17) is 28.9 Å². The SMILES string of the molecule is CCN1CCC2CN(c3ccc(Nc4ncc5c(N)n(-c6c(Cl)cccc6Cl)c(=O)nc5n4)cc3)CC21. The van der Waals surface area contributed by atoms with Gasteiger partial charge in [-0.3, -0.25) is 4.90 Å². The van der Waals surface area contributed by atoms with E-state index in [0.29, 0.717) is 17.4 Å². The van der Waals surface area contributed by atoms with Crippen molar-refractivity contribution in [1.82, 2.24) is 24.4 Å². The minimum atomic E-state index is -0.633. The molecule has 0 aliphatic carbocycles. The number of nitrogens with zero attached hydrogens (tertiary/aromatic N) is 6. The Morgan fingerprint density at radius 2 is 1.84 bits per heavy atom. The molecular formula is C26H26Cl2N8O. The molecule has 2 aliphatic heterocycles. The van der Waals surface area contributed by atoms with Gasteiger partial charge in [0.1, 0.15) is 5.82 Å². The number of para-hydroxylation sites is 1. The van der Waals surface area contributed by atoms with Gasteiger partial charge in [-0.25, -0.2) is 14.3 Å². The Hall–Kier alpha value is -3.40. The molecule has 190 valence electrons. The molecular weight excluding hydrogens is 511 g/mol. The lowest BCUT2D eigenvalue weighted by molar-refractivity contribution is 0.267. The first kappa shape index (κ1) is 24.0. The van der Waals surface area contributed by atoms with Crippen molar-refractivity contribution >= 4 is 57.4 Å². The van der Waals surface area contributed by atoms with E-state index in [-0.39, 0.29) is 27.2 Å². The molecule has 2 saturated heterocycles. The number of hydrogen-bond acceptors (Lipinski definition) is 8. The van der Waals surface area contributed by atoms with Crippen LogP contribution in [-0.4, -0.2) is 56.6 Å². The van der Waals surface area contributed by atoms with Crippen molar-refractivity contribution in [3.8, 4) is 5.69 Å². The zero-order chi connectivity index (χ0) is 25.7. The van der Waals surface area contributed by atoms with Gasteiger partial charge in [-0.05, 0) is 61.8 Å². The minimum absolute atomic E-state index is 0.109. The maximum Gasteiger partial charge on any atom is 0.355 e. The van der Waals surface area contributed by atoms with Crippen molar-refractivity contribution in [3.05, 3.63) is 69.2 Å². The number of likely N-dealkylation sites (N-methyl/N-ethyl adjacent to an activating group) is 1. The number of halogens is 2. The van der Waals surface area contributed by atoms with Gasteiger partial charge in [-0.2, -0.15) is 9.97 Å². The average Bonchev–Trinajstić information content (AvgIpc) is 3.47. The number of hydrogen-bond donors (Lipinski definition) is 2. The van der Waals surface area contributed by atoms with Crippen LogP contribution < -0.4 is 21.6 Å². The Balaban J connectivity index is 1.23. The van der Waals surface area contributed by atoms with E-state index in [9.17, 15) is 4.79 Å². The van der Waals surface area contributed by atoms with Gasteiger partial charge in [-0.15, -0.1) is 0 Å². The summed E-state index contributed by atoms with van der Waals surface area (Å²) in [5.74, 6) is 1.18. The topological polar surface area (TPSA) is 105 Å². The first-order valence-electron chi connectivity index (χ1n) is 12.3. The van der Waals surface area contributed by atoms with E-state index < -0.39 is 5.69 Å². The molecule has 2 fully saturated rings. The van der Waals surface area contributed by atoms with Gasteiger partial charge in [0.2, 0.25) is 5.95 Å². The van der Waals surface area contributed by atoms with Gasteiger partial charge in [0.15, 0.2) is 5.65 Å².